The van der Waals surface area contributed by atoms with Gasteiger partial charge >= 0.3 is 26.2 Å². The molecule has 0 bridgehead atoms. The maximum atomic E-state index is 9.21. The second-order valence-electron chi connectivity index (χ2n) is 4.24. The minimum atomic E-state index is -1.08. The van der Waals surface area contributed by atoms with Crippen LogP contribution in [0.1, 0.15) is 0 Å². The van der Waals surface area contributed by atoms with E-state index in [0.717, 1.165) is 0 Å². The van der Waals surface area contributed by atoms with Gasteiger partial charge in [-0.25, -0.2) is 0 Å². The van der Waals surface area contributed by atoms with Gasteiger partial charge in [0.2, 0.25) is 0 Å². The van der Waals surface area contributed by atoms with Crippen molar-refractivity contribution < 1.29 is 19.8 Å². The molecule has 150 valence electrons. The number of halogens is 2. The SMILES string of the molecule is O=C([O-])CBr.O=C([O-])CBr.[Bi+2].[c]1ccccc1.[c]1ccccc1.[c]1ccccc1. The van der Waals surface area contributed by atoms with E-state index in [1.54, 1.807) is 0 Å². The number of aliphatic carboxylic acids is 2. The topological polar surface area (TPSA) is 80.3 Å². The molecule has 0 aliphatic heterocycles. The largest absolute Gasteiger partial charge is 2.00 e. The second kappa shape index (κ2) is 28.7. The van der Waals surface area contributed by atoms with E-state index in [0.29, 0.717) is 0 Å². The third kappa shape index (κ3) is 37.8. The van der Waals surface area contributed by atoms with Crippen LogP contribution in [0.15, 0.2) is 91.0 Å². The first-order valence-electron chi connectivity index (χ1n) is 7.79. The summed E-state index contributed by atoms with van der Waals surface area (Å²) in [6, 6.07) is 37.5. The van der Waals surface area contributed by atoms with Crippen LogP contribution in [0.5, 0.6) is 0 Å². The van der Waals surface area contributed by atoms with Gasteiger partial charge < -0.3 is 19.8 Å². The van der Waals surface area contributed by atoms with Crippen molar-refractivity contribution in [2.24, 2.45) is 0 Å². The smallest absolute Gasteiger partial charge is 0.549 e. The fraction of sp³-hybridized carbons (Fsp3) is 0.0909. The molecular weight excluding hydrogens is 697 g/mol. The van der Waals surface area contributed by atoms with Crippen LogP contribution in [-0.4, -0.2) is 48.8 Å². The van der Waals surface area contributed by atoms with E-state index in [-0.39, 0.29) is 36.9 Å². The first-order chi connectivity index (χ1) is 13.5. The molecule has 4 nitrogen and oxygen atoms in total. The van der Waals surface area contributed by atoms with Gasteiger partial charge in [-0.1, -0.05) is 123 Å². The second-order valence-corrected chi connectivity index (χ2v) is 5.36. The average Bonchev–Trinajstić information content (AvgIpc) is 2.79. The zero-order chi connectivity index (χ0) is 21.3. The van der Waals surface area contributed by atoms with E-state index in [2.05, 4.69) is 50.1 Å². The van der Waals surface area contributed by atoms with Crippen LogP contribution in [0.2, 0.25) is 0 Å². The molecule has 0 aromatic heterocycles. The summed E-state index contributed by atoms with van der Waals surface area (Å²) in [5.41, 5.74) is 0. The third-order valence-corrected chi connectivity index (χ3v) is 2.96. The van der Waals surface area contributed by atoms with Crippen LogP contribution in [0, 0.1) is 18.2 Å². The molecule has 7 heteroatoms. The Morgan fingerprint density at radius 3 is 0.759 bits per heavy atom. The molecule has 0 aliphatic carbocycles. The molecule has 29 heavy (non-hydrogen) atoms. The van der Waals surface area contributed by atoms with Gasteiger partial charge in [-0.2, -0.15) is 0 Å². The molecule has 0 saturated heterocycles. The van der Waals surface area contributed by atoms with Crippen LogP contribution >= 0.6 is 31.9 Å². The number of carbonyl (C=O) groups excluding carboxylic acids is 2. The molecule has 0 heterocycles. The Hall–Kier alpha value is -1.56. The van der Waals surface area contributed by atoms with E-state index < -0.39 is 11.9 Å². The summed E-state index contributed by atoms with van der Waals surface area (Å²) in [7, 11) is 0. The quantitative estimate of drug-likeness (QED) is 0.302. The zero-order valence-corrected chi connectivity index (χ0v) is 22.1. The minimum absolute atomic E-state index is 0. The Morgan fingerprint density at radius 1 is 0.552 bits per heavy atom. The number of carboxylic acid groups (broad SMARTS) is 2. The molecule has 0 aliphatic rings. The number of alkyl halides is 2. The number of carbonyl (C=O) groups is 2. The predicted molar refractivity (Wildman–Crippen MR) is 119 cm³/mol. The van der Waals surface area contributed by atoms with Crippen molar-refractivity contribution in [2.75, 3.05) is 10.7 Å². The Bertz CT molecular complexity index is 503. The van der Waals surface area contributed by atoms with Gasteiger partial charge in [0.05, 0.1) is 11.9 Å². The number of rotatable bonds is 2. The Labute approximate surface area is 208 Å². The van der Waals surface area contributed by atoms with Crippen LogP contribution in [0.25, 0.3) is 0 Å². The van der Waals surface area contributed by atoms with Gasteiger partial charge in [-0.3, -0.25) is 0 Å². The first-order valence-corrected chi connectivity index (χ1v) is 10.0. The van der Waals surface area contributed by atoms with E-state index in [4.69, 9.17) is 0 Å². The number of hydrogen-bond donors (Lipinski definition) is 0. The van der Waals surface area contributed by atoms with Crippen LogP contribution < -0.4 is 10.2 Å². The standard InChI is InChI=1S/3C6H5.2C2H3BrO2.Bi/c3*1-2-4-6-5-3-1;2*3-1-2(4)5;/h3*1-5H;2*1H2,(H,4,5);/q;;;;;+2/p-2. The molecule has 0 unspecified atom stereocenters. The Morgan fingerprint density at radius 2 is 0.724 bits per heavy atom. The molecular formula is C22H19BiBr2O4. The van der Waals surface area contributed by atoms with Gasteiger partial charge in [0.15, 0.2) is 0 Å². The van der Waals surface area contributed by atoms with Crippen molar-refractivity contribution in [3.8, 4) is 0 Å². The summed E-state index contributed by atoms with van der Waals surface area (Å²) >= 11 is 5.30. The molecule has 0 fully saturated rings. The molecule has 0 amide bonds. The molecule has 0 saturated carbocycles. The van der Waals surface area contributed by atoms with Crippen LogP contribution in [0.4, 0.5) is 0 Å². The summed E-state index contributed by atoms with van der Waals surface area (Å²) in [6.45, 7) is 0. The fourth-order valence-electron chi connectivity index (χ4n) is 1.03. The molecule has 0 spiro atoms. The minimum Gasteiger partial charge on any atom is -0.549 e. The van der Waals surface area contributed by atoms with Crippen molar-refractivity contribution in [1.29, 1.82) is 0 Å². The van der Waals surface area contributed by atoms with Gasteiger partial charge in [-0.15, -0.1) is 0 Å². The van der Waals surface area contributed by atoms with E-state index in [9.17, 15) is 19.8 Å². The van der Waals surface area contributed by atoms with Crippen LogP contribution in [-0.2, 0) is 9.59 Å². The third-order valence-electron chi connectivity index (χ3n) is 2.04. The number of carboxylic acids is 2. The number of hydrogen-bond acceptors (Lipinski definition) is 4. The van der Waals surface area contributed by atoms with Gasteiger partial charge in [0.25, 0.3) is 0 Å². The van der Waals surface area contributed by atoms with E-state index in [1.807, 2.05) is 91.0 Å². The summed E-state index contributed by atoms with van der Waals surface area (Å²) in [5, 5.41) is 18.3. The van der Waals surface area contributed by atoms with Crippen LogP contribution in [0.3, 0.4) is 0 Å². The molecule has 3 rings (SSSR count). The molecule has 3 aromatic rings. The monoisotopic (exact) mass is 714 g/mol. The van der Waals surface area contributed by atoms with E-state index >= 15 is 0 Å². The average molecular weight is 716 g/mol. The fourth-order valence-corrected chi connectivity index (χ4v) is 1.03. The molecule has 3 aromatic carbocycles. The summed E-state index contributed by atoms with van der Waals surface area (Å²) < 4.78 is 0. The normalized spacial score (nSPS) is 7.52. The van der Waals surface area contributed by atoms with Gasteiger partial charge in [0, 0.05) is 10.7 Å². The van der Waals surface area contributed by atoms with Crippen molar-refractivity contribution in [2.45, 2.75) is 0 Å². The van der Waals surface area contributed by atoms with Gasteiger partial charge in [0.1, 0.15) is 0 Å². The maximum absolute atomic E-state index is 9.21. The maximum Gasteiger partial charge on any atom is 2.00 e. The van der Waals surface area contributed by atoms with E-state index in [1.165, 1.54) is 0 Å². The van der Waals surface area contributed by atoms with Crippen molar-refractivity contribution >= 4 is 70.0 Å². The molecule has 0 atom stereocenters. The van der Waals surface area contributed by atoms with Crippen molar-refractivity contribution in [3.05, 3.63) is 109 Å². The summed E-state index contributed by atoms with van der Waals surface area (Å²) in [5.74, 6) is -2.16. The first kappa shape index (κ1) is 32.1. The van der Waals surface area contributed by atoms with Crippen molar-refractivity contribution in [3.63, 3.8) is 0 Å². The number of benzene rings is 3. The Kier molecular flexibility index (Phi) is 31.7. The molecule has 6 radical (unpaired) electrons. The summed E-state index contributed by atoms with van der Waals surface area (Å²) in [4.78, 5) is 18.4. The summed E-state index contributed by atoms with van der Waals surface area (Å²) in [6.07, 6.45) is 0. The zero-order valence-electron chi connectivity index (χ0n) is 15.4. The molecule has 0 N–H and O–H groups in total. The Balaban J connectivity index is -0.000000290. The van der Waals surface area contributed by atoms with Gasteiger partial charge in [-0.05, 0) is 18.2 Å². The predicted octanol–water partition coefficient (Wildman–Crippen LogP) is 2.34. The van der Waals surface area contributed by atoms with Crippen molar-refractivity contribution in [1.82, 2.24) is 0 Å².